The minimum atomic E-state index is 0. The largest absolute Gasteiger partial charge is 0.338 e. The molecule has 0 aromatic carbocycles. The molecular formula is C17H26ClN3O. The molecule has 4 aliphatic carbocycles. The maximum absolute atomic E-state index is 5.67. The molecule has 0 spiro atoms. The molecule has 6 rings (SSSR count). The molecule has 1 aliphatic heterocycles. The second-order valence-electron chi connectivity index (χ2n) is 8.16. The van der Waals surface area contributed by atoms with Crippen molar-refractivity contribution in [1.82, 2.24) is 15.5 Å². The summed E-state index contributed by atoms with van der Waals surface area (Å²) in [5, 5.41) is 7.98. The molecule has 1 saturated heterocycles. The van der Waals surface area contributed by atoms with Gasteiger partial charge in [0.25, 0.3) is 0 Å². The van der Waals surface area contributed by atoms with Crippen LogP contribution in [-0.2, 0) is 5.41 Å². The summed E-state index contributed by atoms with van der Waals surface area (Å²) in [5.41, 5.74) is 0.269. The van der Waals surface area contributed by atoms with Gasteiger partial charge in [-0.1, -0.05) is 11.6 Å². The molecule has 1 atom stereocenters. The van der Waals surface area contributed by atoms with E-state index in [1.54, 1.807) is 0 Å². The van der Waals surface area contributed by atoms with Crippen LogP contribution in [0.3, 0.4) is 0 Å². The van der Waals surface area contributed by atoms with Gasteiger partial charge in [-0.3, -0.25) is 0 Å². The monoisotopic (exact) mass is 323 g/mol. The van der Waals surface area contributed by atoms with Gasteiger partial charge in [0, 0.05) is 5.41 Å². The van der Waals surface area contributed by atoms with Gasteiger partial charge in [0.1, 0.15) is 0 Å². The highest BCUT2D eigenvalue weighted by molar-refractivity contribution is 5.85. The molecule has 0 unspecified atom stereocenters. The molecule has 4 saturated carbocycles. The Kier molecular flexibility index (Phi) is 3.73. The molecule has 4 bridgehead atoms. The highest BCUT2D eigenvalue weighted by Crippen LogP contribution is 2.60. The minimum Gasteiger partial charge on any atom is -0.338 e. The van der Waals surface area contributed by atoms with Gasteiger partial charge < -0.3 is 9.84 Å². The van der Waals surface area contributed by atoms with Gasteiger partial charge in [-0.25, -0.2) is 0 Å². The van der Waals surface area contributed by atoms with E-state index in [1.165, 1.54) is 51.4 Å². The topological polar surface area (TPSA) is 51.0 Å². The van der Waals surface area contributed by atoms with Crippen LogP contribution in [0.25, 0.3) is 0 Å². The number of hydrogen-bond acceptors (Lipinski definition) is 4. The third kappa shape index (κ3) is 2.30. The fourth-order valence-electron chi connectivity index (χ4n) is 6.04. The van der Waals surface area contributed by atoms with Crippen molar-refractivity contribution in [1.29, 1.82) is 0 Å². The molecule has 122 valence electrons. The summed E-state index contributed by atoms with van der Waals surface area (Å²) < 4.78 is 5.67. The average molecular weight is 324 g/mol. The van der Waals surface area contributed by atoms with Crippen molar-refractivity contribution in [3.63, 3.8) is 0 Å². The van der Waals surface area contributed by atoms with Crippen molar-refractivity contribution in [3.05, 3.63) is 11.7 Å². The molecule has 1 N–H and O–H groups in total. The van der Waals surface area contributed by atoms with E-state index in [1.807, 2.05) is 0 Å². The van der Waals surface area contributed by atoms with E-state index in [2.05, 4.69) is 10.5 Å². The van der Waals surface area contributed by atoms with E-state index in [0.29, 0.717) is 6.04 Å². The number of nitrogens with zero attached hydrogens (tertiary/aromatic N) is 2. The quantitative estimate of drug-likeness (QED) is 0.900. The van der Waals surface area contributed by atoms with Crippen molar-refractivity contribution in [2.45, 2.75) is 69.2 Å². The van der Waals surface area contributed by atoms with Crippen LogP contribution in [0.2, 0.25) is 0 Å². The van der Waals surface area contributed by atoms with Crippen molar-refractivity contribution >= 4 is 12.4 Å². The van der Waals surface area contributed by atoms with Crippen molar-refractivity contribution in [2.75, 3.05) is 6.54 Å². The van der Waals surface area contributed by atoms with Gasteiger partial charge in [-0.2, -0.15) is 4.98 Å². The first-order valence-electron chi connectivity index (χ1n) is 8.88. The lowest BCUT2D eigenvalue weighted by molar-refractivity contribution is -0.0103. The number of nitrogens with one attached hydrogen (secondary N) is 1. The third-order valence-corrected chi connectivity index (χ3v) is 6.56. The second-order valence-corrected chi connectivity index (χ2v) is 8.16. The Balaban J connectivity index is 0.00000125. The Morgan fingerprint density at radius 1 is 1.00 bits per heavy atom. The van der Waals surface area contributed by atoms with Gasteiger partial charge in [-0.05, 0) is 75.7 Å². The minimum absolute atomic E-state index is 0. The van der Waals surface area contributed by atoms with E-state index in [0.717, 1.165) is 42.4 Å². The Bertz CT molecular complexity index is 502. The summed E-state index contributed by atoms with van der Waals surface area (Å²) in [5.74, 6) is 4.70. The Hall–Kier alpha value is -0.610. The molecule has 1 aromatic heterocycles. The van der Waals surface area contributed by atoms with Crippen molar-refractivity contribution < 1.29 is 4.52 Å². The van der Waals surface area contributed by atoms with Crippen molar-refractivity contribution in [2.24, 2.45) is 17.8 Å². The second kappa shape index (κ2) is 5.48. The number of piperidine rings is 1. The van der Waals surface area contributed by atoms with E-state index in [4.69, 9.17) is 9.51 Å². The first-order valence-corrected chi connectivity index (χ1v) is 8.88. The lowest BCUT2D eigenvalue weighted by Crippen LogP contribution is -2.49. The number of halogens is 1. The van der Waals surface area contributed by atoms with Gasteiger partial charge in [-0.15, -0.1) is 12.4 Å². The van der Waals surface area contributed by atoms with Crippen LogP contribution in [0, 0.1) is 17.8 Å². The lowest BCUT2D eigenvalue weighted by atomic mass is 9.49. The first kappa shape index (κ1) is 14.9. The summed E-state index contributed by atoms with van der Waals surface area (Å²) in [4.78, 5) is 4.88. The maximum atomic E-state index is 5.67. The van der Waals surface area contributed by atoms with Gasteiger partial charge in [0.15, 0.2) is 5.82 Å². The summed E-state index contributed by atoms with van der Waals surface area (Å²) >= 11 is 0. The van der Waals surface area contributed by atoms with E-state index in [9.17, 15) is 0 Å². The molecular weight excluding hydrogens is 298 g/mol. The zero-order chi connectivity index (χ0) is 13.9. The Morgan fingerprint density at radius 2 is 1.68 bits per heavy atom. The smallest absolute Gasteiger partial charge is 0.243 e. The fourth-order valence-corrected chi connectivity index (χ4v) is 6.04. The Morgan fingerprint density at radius 3 is 2.27 bits per heavy atom. The van der Waals surface area contributed by atoms with E-state index in [-0.39, 0.29) is 17.8 Å². The first-order chi connectivity index (χ1) is 10.3. The molecule has 0 amide bonds. The number of aromatic nitrogens is 2. The predicted molar refractivity (Wildman–Crippen MR) is 86.0 cm³/mol. The van der Waals surface area contributed by atoms with Gasteiger partial charge >= 0.3 is 0 Å². The van der Waals surface area contributed by atoms with Crippen molar-refractivity contribution in [3.8, 4) is 0 Å². The molecule has 4 nitrogen and oxygen atoms in total. The summed E-state index contributed by atoms with van der Waals surface area (Å²) in [6, 6.07) is 0.300. The van der Waals surface area contributed by atoms with Crippen LogP contribution >= 0.6 is 12.4 Å². The summed E-state index contributed by atoms with van der Waals surface area (Å²) in [7, 11) is 0. The molecule has 5 heteroatoms. The summed E-state index contributed by atoms with van der Waals surface area (Å²) in [6.45, 7) is 1.08. The zero-order valence-corrected chi connectivity index (χ0v) is 13.9. The van der Waals surface area contributed by atoms with Crippen LogP contribution in [-0.4, -0.2) is 16.7 Å². The predicted octanol–water partition coefficient (Wildman–Crippen LogP) is 3.77. The van der Waals surface area contributed by atoms with Crippen LogP contribution < -0.4 is 5.32 Å². The third-order valence-electron chi connectivity index (χ3n) is 6.56. The molecule has 22 heavy (non-hydrogen) atoms. The van der Waals surface area contributed by atoms with E-state index < -0.39 is 0 Å². The van der Waals surface area contributed by atoms with Crippen LogP contribution in [0.4, 0.5) is 0 Å². The van der Waals surface area contributed by atoms with Crippen LogP contribution in [0.15, 0.2) is 4.52 Å². The highest BCUT2D eigenvalue weighted by atomic mass is 35.5. The van der Waals surface area contributed by atoms with Gasteiger partial charge in [0.05, 0.1) is 6.04 Å². The highest BCUT2D eigenvalue weighted by Gasteiger charge is 2.53. The Labute approximate surface area is 138 Å². The SMILES string of the molecule is C1CC[C@@H](c2nc(C34CC5CC(CC(C5)C3)C4)no2)NC1.Cl. The molecule has 5 aliphatic rings. The normalized spacial score (nSPS) is 43.1. The number of rotatable bonds is 2. The number of hydrogen-bond donors (Lipinski definition) is 1. The summed E-state index contributed by atoms with van der Waals surface area (Å²) in [6.07, 6.45) is 12.0. The average Bonchev–Trinajstić information content (AvgIpc) is 2.97. The standard InChI is InChI=1S/C17H25N3O.ClH/c1-2-4-18-14(3-1)15-19-16(20-21-15)17-8-11-5-12(9-17)7-13(6-11)10-17;/h11-14,18H,1-10H2;1H/t11?,12?,13?,14-,17?;/m0./s1. The lowest BCUT2D eigenvalue weighted by Gasteiger charge is -2.55. The maximum Gasteiger partial charge on any atom is 0.243 e. The fraction of sp³-hybridized carbons (Fsp3) is 0.882. The van der Waals surface area contributed by atoms with Gasteiger partial charge in [0.2, 0.25) is 5.89 Å². The molecule has 2 heterocycles. The molecule has 1 aromatic rings. The van der Waals surface area contributed by atoms with E-state index >= 15 is 0 Å². The molecule has 5 fully saturated rings. The molecule has 0 radical (unpaired) electrons. The zero-order valence-electron chi connectivity index (χ0n) is 13.1. The van der Waals surface area contributed by atoms with Crippen LogP contribution in [0.1, 0.15) is 75.5 Å². The van der Waals surface area contributed by atoms with Crippen LogP contribution in [0.5, 0.6) is 0 Å².